The molecule has 1 heterocycles. The molecule has 0 saturated carbocycles. The molecule has 9 heteroatoms. The molecule has 8 nitrogen and oxygen atoms in total. The third-order valence-corrected chi connectivity index (χ3v) is 3.51. The van der Waals surface area contributed by atoms with Crippen LogP contribution in [0.1, 0.15) is 16.2 Å². The van der Waals surface area contributed by atoms with Gasteiger partial charge in [-0.1, -0.05) is 29.8 Å². The predicted molar refractivity (Wildman–Crippen MR) is 87.0 cm³/mol. The third kappa shape index (κ3) is 3.81. The van der Waals surface area contributed by atoms with Gasteiger partial charge in [-0.15, -0.1) is 10.2 Å². The third-order valence-electron chi connectivity index (χ3n) is 3.19. The summed E-state index contributed by atoms with van der Waals surface area (Å²) in [5, 5.41) is 18.5. The first-order valence-electron chi connectivity index (χ1n) is 7.03. The van der Waals surface area contributed by atoms with Gasteiger partial charge in [-0.05, 0) is 24.3 Å². The molecule has 0 unspecified atom stereocenters. The Labute approximate surface area is 146 Å². The summed E-state index contributed by atoms with van der Waals surface area (Å²) in [7, 11) is 0. The fraction of sp³-hybridized carbons (Fsp3) is 0.0625. The number of hydrogen-bond donors (Lipinski definition) is 0. The maximum Gasteiger partial charge on any atom is 0.338 e. The van der Waals surface area contributed by atoms with Crippen molar-refractivity contribution in [2.45, 2.75) is 6.61 Å². The number of benzene rings is 2. The Morgan fingerprint density at radius 3 is 2.68 bits per heavy atom. The normalized spacial score (nSPS) is 10.4. The highest BCUT2D eigenvalue weighted by Crippen LogP contribution is 2.25. The second-order valence-corrected chi connectivity index (χ2v) is 5.27. The van der Waals surface area contributed by atoms with Crippen molar-refractivity contribution in [3.05, 3.63) is 75.1 Å². The predicted octanol–water partition coefficient (Wildman–Crippen LogP) is 3.66. The SMILES string of the molecule is O=C(OCc1nnc(-c2ccccc2)o1)c1ccc(Cl)c([N+](=O)[O-])c1. The fourth-order valence-electron chi connectivity index (χ4n) is 2.00. The molecular weight excluding hydrogens is 350 g/mol. The molecule has 0 amide bonds. The van der Waals surface area contributed by atoms with E-state index in [1.54, 1.807) is 12.1 Å². The van der Waals surface area contributed by atoms with Crippen LogP contribution in [0.4, 0.5) is 5.69 Å². The summed E-state index contributed by atoms with van der Waals surface area (Å²) in [6.45, 7) is -0.255. The molecule has 0 aliphatic rings. The summed E-state index contributed by atoms with van der Waals surface area (Å²) in [6.07, 6.45) is 0. The minimum absolute atomic E-state index is 0.00102. The van der Waals surface area contributed by atoms with E-state index in [4.69, 9.17) is 20.8 Å². The fourth-order valence-corrected chi connectivity index (χ4v) is 2.19. The molecule has 3 aromatic rings. The number of esters is 1. The average Bonchev–Trinajstić information content (AvgIpc) is 3.09. The van der Waals surface area contributed by atoms with Gasteiger partial charge in [0, 0.05) is 11.6 Å². The van der Waals surface area contributed by atoms with Crippen LogP contribution in [0.3, 0.4) is 0 Å². The molecule has 0 atom stereocenters. The number of carbonyl (C=O) groups is 1. The lowest BCUT2D eigenvalue weighted by Crippen LogP contribution is -2.06. The minimum atomic E-state index is -0.765. The topological polar surface area (TPSA) is 108 Å². The van der Waals surface area contributed by atoms with E-state index >= 15 is 0 Å². The smallest absolute Gasteiger partial charge is 0.338 e. The van der Waals surface area contributed by atoms with Gasteiger partial charge in [-0.2, -0.15) is 0 Å². The van der Waals surface area contributed by atoms with Crippen molar-refractivity contribution in [2.24, 2.45) is 0 Å². The van der Waals surface area contributed by atoms with Crippen molar-refractivity contribution in [1.29, 1.82) is 0 Å². The summed E-state index contributed by atoms with van der Waals surface area (Å²) in [5.74, 6) is -0.358. The van der Waals surface area contributed by atoms with Crippen LogP contribution < -0.4 is 0 Å². The zero-order valence-corrected chi connectivity index (χ0v) is 13.3. The van der Waals surface area contributed by atoms with Crippen LogP contribution in [-0.2, 0) is 11.3 Å². The number of nitrogens with zero attached hydrogens (tertiary/aromatic N) is 3. The van der Waals surface area contributed by atoms with E-state index in [0.29, 0.717) is 5.89 Å². The number of hydrogen-bond acceptors (Lipinski definition) is 7. The van der Waals surface area contributed by atoms with Gasteiger partial charge in [0.2, 0.25) is 5.89 Å². The van der Waals surface area contributed by atoms with E-state index in [-0.39, 0.29) is 28.8 Å². The van der Waals surface area contributed by atoms with Crippen molar-refractivity contribution in [1.82, 2.24) is 10.2 Å². The lowest BCUT2D eigenvalue weighted by Gasteiger charge is -2.02. The zero-order valence-electron chi connectivity index (χ0n) is 12.6. The van der Waals surface area contributed by atoms with Gasteiger partial charge >= 0.3 is 5.97 Å². The van der Waals surface area contributed by atoms with E-state index < -0.39 is 10.9 Å². The number of nitro benzene ring substituents is 1. The van der Waals surface area contributed by atoms with Crippen LogP contribution in [0.5, 0.6) is 0 Å². The molecule has 0 fully saturated rings. The average molecular weight is 360 g/mol. The molecule has 126 valence electrons. The van der Waals surface area contributed by atoms with Crippen LogP contribution >= 0.6 is 11.6 Å². The van der Waals surface area contributed by atoms with Crippen molar-refractivity contribution >= 4 is 23.3 Å². The monoisotopic (exact) mass is 359 g/mol. The maximum atomic E-state index is 12.0. The Balaban J connectivity index is 1.68. The Bertz CT molecular complexity index is 927. The minimum Gasteiger partial charge on any atom is -0.452 e. The molecule has 0 radical (unpaired) electrons. The van der Waals surface area contributed by atoms with Gasteiger partial charge < -0.3 is 9.15 Å². The van der Waals surface area contributed by atoms with Gasteiger partial charge in [0.05, 0.1) is 10.5 Å². The van der Waals surface area contributed by atoms with Gasteiger partial charge in [0.25, 0.3) is 11.6 Å². The van der Waals surface area contributed by atoms with E-state index in [0.717, 1.165) is 11.6 Å². The van der Waals surface area contributed by atoms with Crippen LogP contribution in [0.15, 0.2) is 52.9 Å². The quantitative estimate of drug-likeness (QED) is 0.388. The molecule has 1 aromatic heterocycles. The molecule has 0 spiro atoms. The summed E-state index contributed by atoms with van der Waals surface area (Å²) >= 11 is 5.70. The van der Waals surface area contributed by atoms with Crippen molar-refractivity contribution in [3.8, 4) is 11.5 Å². The molecule has 0 saturated heterocycles. The van der Waals surface area contributed by atoms with Crippen molar-refractivity contribution < 1.29 is 18.9 Å². The van der Waals surface area contributed by atoms with E-state index in [1.807, 2.05) is 18.2 Å². The Morgan fingerprint density at radius 1 is 1.20 bits per heavy atom. The van der Waals surface area contributed by atoms with Gasteiger partial charge in [-0.3, -0.25) is 10.1 Å². The first-order valence-corrected chi connectivity index (χ1v) is 7.41. The Kier molecular flexibility index (Phi) is 4.71. The van der Waals surface area contributed by atoms with Gasteiger partial charge in [0.1, 0.15) is 5.02 Å². The number of nitro groups is 1. The molecular formula is C16H10ClN3O5. The molecule has 25 heavy (non-hydrogen) atoms. The van der Waals surface area contributed by atoms with E-state index in [1.165, 1.54) is 12.1 Å². The molecule has 0 aliphatic carbocycles. The molecule has 0 N–H and O–H groups in total. The number of aromatic nitrogens is 2. The molecule has 0 aliphatic heterocycles. The maximum absolute atomic E-state index is 12.0. The van der Waals surface area contributed by atoms with Gasteiger partial charge in [-0.25, -0.2) is 4.79 Å². The van der Waals surface area contributed by atoms with Gasteiger partial charge in [0.15, 0.2) is 6.61 Å². The first-order chi connectivity index (χ1) is 12.0. The number of halogens is 1. The summed E-state index contributed by atoms with van der Waals surface area (Å²) in [6, 6.07) is 12.8. The summed E-state index contributed by atoms with van der Waals surface area (Å²) in [4.78, 5) is 22.2. The second kappa shape index (κ2) is 7.10. The Hall–Kier alpha value is -3.26. The zero-order chi connectivity index (χ0) is 17.8. The number of carbonyl (C=O) groups excluding carboxylic acids is 1. The number of rotatable bonds is 5. The highest BCUT2D eigenvalue weighted by atomic mass is 35.5. The highest BCUT2D eigenvalue weighted by molar-refractivity contribution is 6.32. The molecule has 3 rings (SSSR count). The standard InChI is InChI=1S/C16H10ClN3O5/c17-12-7-6-11(8-13(12)20(22)23)16(21)24-9-14-18-19-15(25-14)10-4-2-1-3-5-10/h1-8H,9H2. The summed E-state index contributed by atoms with van der Waals surface area (Å²) in [5.41, 5.74) is 0.361. The number of ether oxygens (including phenoxy) is 1. The van der Waals surface area contributed by atoms with Crippen LogP contribution in [0.2, 0.25) is 5.02 Å². The Morgan fingerprint density at radius 2 is 1.96 bits per heavy atom. The van der Waals surface area contributed by atoms with Crippen molar-refractivity contribution in [3.63, 3.8) is 0 Å². The summed E-state index contributed by atoms with van der Waals surface area (Å²) < 4.78 is 10.4. The largest absolute Gasteiger partial charge is 0.452 e. The van der Waals surface area contributed by atoms with E-state index in [2.05, 4.69) is 10.2 Å². The first kappa shape index (κ1) is 16.6. The van der Waals surface area contributed by atoms with E-state index in [9.17, 15) is 14.9 Å². The van der Waals surface area contributed by atoms with Crippen molar-refractivity contribution in [2.75, 3.05) is 0 Å². The van der Waals surface area contributed by atoms with Crippen LogP contribution in [0, 0.1) is 10.1 Å². The molecule has 2 aromatic carbocycles. The van der Waals surface area contributed by atoms with Crippen LogP contribution in [0.25, 0.3) is 11.5 Å². The molecule has 0 bridgehead atoms. The lowest BCUT2D eigenvalue weighted by molar-refractivity contribution is -0.384. The highest BCUT2D eigenvalue weighted by Gasteiger charge is 2.18. The van der Waals surface area contributed by atoms with Crippen LogP contribution in [-0.4, -0.2) is 21.1 Å². The second-order valence-electron chi connectivity index (χ2n) is 4.87. The lowest BCUT2D eigenvalue weighted by atomic mass is 10.2.